The summed E-state index contributed by atoms with van der Waals surface area (Å²) in [5.41, 5.74) is 11.7. The average molecular weight is 464 g/mol. The molecule has 0 saturated carbocycles. The number of nitrogens with one attached hydrogen (secondary N) is 3. The maximum Gasteiger partial charge on any atom is 0.156 e. The molecule has 3 aromatic heterocycles. The summed E-state index contributed by atoms with van der Waals surface area (Å²) >= 11 is 0. The molecule has 0 aliphatic heterocycles. The number of hydrogen-bond acceptors (Lipinski definition) is 7. The van der Waals surface area contributed by atoms with E-state index in [0.29, 0.717) is 23.8 Å². The molecule has 0 bridgehead atoms. The highest BCUT2D eigenvalue weighted by Gasteiger charge is 2.16. The zero-order valence-corrected chi connectivity index (χ0v) is 20.9. The number of nitrogen functional groups attached to an aromatic ring is 1. The molecule has 3 heterocycles. The Bertz CT molecular complexity index is 1090. The number of allylic oxidation sites excluding steroid dienone is 1. The number of hydrogen-bond donors (Lipinski definition) is 4. The van der Waals surface area contributed by atoms with Crippen LogP contribution in [-0.2, 0) is 17.7 Å². The summed E-state index contributed by atoms with van der Waals surface area (Å²) in [7, 11) is 1.67. The van der Waals surface area contributed by atoms with Crippen molar-refractivity contribution in [1.82, 2.24) is 25.3 Å². The Hall–Kier alpha value is -3.36. The predicted octanol–water partition coefficient (Wildman–Crippen LogP) is 4.44. The standard InChI is InChI=1S/C24H31N7O.C2H6/c1-4-27-12-17-10-18(14-28-13-17)19-11-20(23(26)29-15-19)22(25)24-30-16(2)21(31-24)8-6-5-7-9-32-3;1-2/h5,7,10-11,13-15,25,27H,4,6,8-9,12H2,1-3H3,(H2,26,29)(H,30,31);1-2H3/b7-5+,25-22?;. The average Bonchev–Trinajstić information content (AvgIpc) is 3.24. The molecule has 3 rings (SSSR count). The number of pyridine rings is 2. The summed E-state index contributed by atoms with van der Waals surface area (Å²) in [4.78, 5) is 16.6. The van der Waals surface area contributed by atoms with Crippen LogP contribution in [0.5, 0.6) is 0 Å². The van der Waals surface area contributed by atoms with Crippen molar-refractivity contribution in [2.75, 3.05) is 26.0 Å². The number of nitrogens with zero attached hydrogens (tertiary/aromatic N) is 3. The molecule has 0 atom stereocenters. The molecule has 0 spiro atoms. The van der Waals surface area contributed by atoms with Crippen molar-refractivity contribution in [3.8, 4) is 11.1 Å². The van der Waals surface area contributed by atoms with Crippen molar-refractivity contribution in [1.29, 1.82) is 5.41 Å². The van der Waals surface area contributed by atoms with Gasteiger partial charge in [-0.3, -0.25) is 10.4 Å². The van der Waals surface area contributed by atoms with Crippen LogP contribution in [0.4, 0.5) is 5.82 Å². The lowest BCUT2D eigenvalue weighted by Crippen LogP contribution is -2.12. The zero-order chi connectivity index (χ0) is 24.9. The van der Waals surface area contributed by atoms with Crippen LogP contribution in [0.3, 0.4) is 0 Å². The second kappa shape index (κ2) is 14.0. The van der Waals surface area contributed by atoms with E-state index >= 15 is 0 Å². The van der Waals surface area contributed by atoms with Gasteiger partial charge in [0.2, 0.25) is 0 Å². The van der Waals surface area contributed by atoms with Crippen molar-refractivity contribution < 1.29 is 4.74 Å². The van der Waals surface area contributed by atoms with Gasteiger partial charge in [-0.05, 0) is 44.0 Å². The lowest BCUT2D eigenvalue weighted by molar-refractivity contribution is 0.233. The monoisotopic (exact) mass is 463 g/mol. The largest absolute Gasteiger partial charge is 0.383 e. The van der Waals surface area contributed by atoms with E-state index in [-0.39, 0.29) is 5.71 Å². The van der Waals surface area contributed by atoms with E-state index in [0.717, 1.165) is 54.0 Å². The molecule has 5 N–H and O–H groups in total. The minimum Gasteiger partial charge on any atom is -0.383 e. The van der Waals surface area contributed by atoms with Crippen LogP contribution in [0.25, 0.3) is 11.1 Å². The Labute approximate surface area is 202 Å². The van der Waals surface area contributed by atoms with E-state index in [1.54, 1.807) is 19.5 Å². The quantitative estimate of drug-likeness (QED) is 0.246. The summed E-state index contributed by atoms with van der Waals surface area (Å²) in [5, 5.41) is 12.0. The van der Waals surface area contributed by atoms with Crippen LogP contribution in [0.15, 0.2) is 42.9 Å². The van der Waals surface area contributed by atoms with Crippen LogP contribution in [0.1, 0.15) is 55.5 Å². The third kappa shape index (κ3) is 7.33. The maximum absolute atomic E-state index is 8.71. The fraction of sp³-hybridized carbons (Fsp3) is 0.385. The summed E-state index contributed by atoms with van der Waals surface area (Å²) in [6, 6.07) is 3.95. The van der Waals surface area contributed by atoms with Gasteiger partial charge in [-0.1, -0.05) is 32.9 Å². The number of ether oxygens (including phenoxy) is 1. The van der Waals surface area contributed by atoms with Crippen molar-refractivity contribution in [3.63, 3.8) is 0 Å². The van der Waals surface area contributed by atoms with E-state index in [4.69, 9.17) is 15.9 Å². The molecule has 182 valence electrons. The predicted molar refractivity (Wildman–Crippen MR) is 139 cm³/mol. The molecule has 0 radical (unpaired) electrons. The highest BCUT2D eigenvalue weighted by atomic mass is 16.5. The Kier molecular flexibility index (Phi) is 11.1. The van der Waals surface area contributed by atoms with Gasteiger partial charge in [0.1, 0.15) is 11.5 Å². The van der Waals surface area contributed by atoms with Gasteiger partial charge in [-0.15, -0.1) is 0 Å². The molecule has 0 aliphatic carbocycles. The van der Waals surface area contributed by atoms with E-state index in [2.05, 4.69) is 44.3 Å². The molecule has 34 heavy (non-hydrogen) atoms. The lowest BCUT2D eigenvalue weighted by atomic mass is 10.0. The van der Waals surface area contributed by atoms with Crippen LogP contribution >= 0.6 is 0 Å². The molecular weight excluding hydrogens is 426 g/mol. The van der Waals surface area contributed by atoms with Gasteiger partial charge in [-0.25, -0.2) is 9.97 Å². The van der Waals surface area contributed by atoms with Crippen molar-refractivity contribution >= 4 is 11.5 Å². The van der Waals surface area contributed by atoms with Crippen LogP contribution in [0, 0.1) is 12.3 Å². The Balaban J connectivity index is 0.00000199. The number of aromatic amines is 1. The fourth-order valence-corrected chi connectivity index (χ4v) is 3.33. The number of anilines is 1. The Morgan fingerprint density at radius 3 is 2.68 bits per heavy atom. The first-order valence-corrected chi connectivity index (χ1v) is 11.7. The first-order chi connectivity index (χ1) is 16.5. The second-order valence-corrected chi connectivity index (χ2v) is 7.52. The molecule has 8 nitrogen and oxygen atoms in total. The zero-order valence-electron chi connectivity index (χ0n) is 20.9. The number of aromatic nitrogens is 4. The van der Waals surface area contributed by atoms with E-state index in [1.807, 2.05) is 39.1 Å². The minimum atomic E-state index is 0.220. The fourth-order valence-electron chi connectivity index (χ4n) is 3.33. The van der Waals surface area contributed by atoms with Crippen LogP contribution < -0.4 is 11.1 Å². The van der Waals surface area contributed by atoms with Crippen LogP contribution in [0.2, 0.25) is 0 Å². The Morgan fingerprint density at radius 1 is 1.18 bits per heavy atom. The number of methoxy groups -OCH3 is 1. The topological polar surface area (TPSA) is 126 Å². The van der Waals surface area contributed by atoms with E-state index in [9.17, 15) is 0 Å². The molecule has 0 amide bonds. The highest BCUT2D eigenvalue weighted by molar-refractivity contribution is 6.11. The third-order valence-corrected chi connectivity index (χ3v) is 5.09. The first kappa shape index (κ1) is 26.9. The molecule has 0 saturated heterocycles. The number of aryl methyl sites for hydroxylation is 2. The van der Waals surface area contributed by atoms with Gasteiger partial charge in [0, 0.05) is 54.6 Å². The number of H-pyrrole nitrogens is 1. The highest BCUT2D eigenvalue weighted by Crippen LogP contribution is 2.24. The third-order valence-electron chi connectivity index (χ3n) is 5.09. The molecule has 0 aromatic carbocycles. The summed E-state index contributed by atoms with van der Waals surface area (Å²) in [5.74, 6) is 0.789. The molecule has 0 unspecified atom stereocenters. The molecule has 0 aliphatic rings. The van der Waals surface area contributed by atoms with Gasteiger partial charge >= 0.3 is 0 Å². The maximum atomic E-state index is 8.71. The number of nitrogens with two attached hydrogens (primary N) is 1. The summed E-state index contributed by atoms with van der Waals surface area (Å²) in [6.45, 7) is 10.3. The smallest absolute Gasteiger partial charge is 0.156 e. The molecule has 0 fully saturated rings. The molecular formula is C26H37N7O. The van der Waals surface area contributed by atoms with Gasteiger partial charge in [0.05, 0.1) is 12.3 Å². The van der Waals surface area contributed by atoms with Gasteiger partial charge in [0.15, 0.2) is 5.82 Å². The molecule has 8 heteroatoms. The lowest BCUT2D eigenvalue weighted by Gasteiger charge is -2.09. The van der Waals surface area contributed by atoms with Gasteiger partial charge in [0.25, 0.3) is 0 Å². The first-order valence-electron chi connectivity index (χ1n) is 11.7. The minimum absolute atomic E-state index is 0.220. The molecule has 3 aromatic rings. The van der Waals surface area contributed by atoms with Crippen molar-refractivity contribution in [3.05, 3.63) is 71.2 Å². The van der Waals surface area contributed by atoms with E-state index < -0.39 is 0 Å². The Morgan fingerprint density at radius 2 is 1.94 bits per heavy atom. The number of imidazole rings is 1. The van der Waals surface area contributed by atoms with Crippen molar-refractivity contribution in [2.24, 2.45) is 0 Å². The van der Waals surface area contributed by atoms with Gasteiger partial charge < -0.3 is 20.8 Å². The van der Waals surface area contributed by atoms with Crippen molar-refractivity contribution in [2.45, 2.75) is 47.1 Å². The summed E-state index contributed by atoms with van der Waals surface area (Å²) in [6.07, 6.45) is 11.1. The van der Waals surface area contributed by atoms with Crippen LogP contribution in [-0.4, -0.2) is 45.9 Å². The number of rotatable bonds is 11. The van der Waals surface area contributed by atoms with Gasteiger partial charge in [-0.2, -0.15) is 0 Å². The van der Waals surface area contributed by atoms with E-state index in [1.165, 1.54) is 0 Å². The normalized spacial score (nSPS) is 10.9. The summed E-state index contributed by atoms with van der Waals surface area (Å²) < 4.78 is 5.02. The SMILES string of the molecule is CC.CCNCc1cncc(-c2cnc(N)c(C(=N)c3nc(CC/C=C/COC)c(C)[nH]3)c2)c1. The second-order valence-electron chi connectivity index (χ2n) is 7.52.